The van der Waals surface area contributed by atoms with Gasteiger partial charge in [0.05, 0.1) is 12.2 Å². The highest BCUT2D eigenvalue weighted by Gasteiger charge is 2.36. The smallest absolute Gasteiger partial charge is 0.0774 e. The van der Waals surface area contributed by atoms with E-state index < -0.39 is 0 Å². The van der Waals surface area contributed by atoms with Crippen LogP contribution in [0.2, 0.25) is 0 Å². The van der Waals surface area contributed by atoms with Gasteiger partial charge in [-0.05, 0) is 19.3 Å². The lowest BCUT2D eigenvalue weighted by Crippen LogP contribution is -2.54. The Kier molecular flexibility index (Phi) is 3.61. The van der Waals surface area contributed by atoms with Gasteiger partial charge < -0.3 is 10.2 Å². The average molecular weight is 214 g/mol. The normalized spacial score (nSPS) is 27.6. The Morgan fingerprint density at radius 2 is 1.60 bits per heavy atom. The summed E-state index contributed by atoms with van der Waals surface area (Å²) >= 11 is 0. The van der Waals surface area contributed by atoms with Gasteiger partial charge in [-0.25, -0.2) is 0 Å². The molecule has 15 heavy (non-hydrogen) atoms. The van der Waals surface area contributed by atoms with Crippen molar-refractivity contribution in [3.05, 3.63) is 0 Å². The molecule has 0 aromatic heterocycles. The third-order valence-electron chi connectivity index (χ3n) is 3.68. The number of hydrogen-bond donors (Lipinski definition) is 2. The van der Waals surface area contributed by atoms with E-state index >= 15 is 0 Å². The fraction of sp³-hybridized carbons (Fsp3) is 1.00. The molecule has 0 aromatic rings. The molecule has 88 valence electrons. The van der Waals surface area contributed by atoms with E-state index in [-0.39, 0.29) is 12.2 Å². The second-order valence-corrected chi connectivity index (χ2v) is 4.92. The van der Waals surface area contributed by atoms with Crippen molar-refractivity contribution in [3.63, 3.8) is 0 Å². The van der Waals surface area contributed by atoms with Crippen molar-refractivity contribution in [3.8, 4) is 0 Å². The summed E-state index contributed by atoms with van der Waals surface area (Å²) in [6.45, 7) is 6.00. The summed E-state index contributed by atoms with van der Waals surface area (Å²) in [6.07, 6.45) is 3.13. The first-order chi connectivity index (χ1) is 7.22. The second-order valence-electron chi connectivity index (χ2n) is 4.92. The van der Waals surface area contributed by atoms with Gasteiger partial charge in [0.2, 0.25) is 0 Å². The van der Waals surface area contributed by atoms with Crippen molar-refractivity contribution in [2.75, 3.05) is 45.9 Å². The lowest BCUT2D eigenvalue weighted by atomic mass is 9.80. The molecule has 1 aliphatic carbocycles. The van der Waals surface area contributed by atoms with Crippen LogP contribution < -0.4 is 0 Å². The molecule has 1 saturated heterocycles. The van der Waals surface area contributed by atoms with Gasteiger partial charge in [-0.3, -0.25) is 9.80 Å². The minimum atomic E-state index is -0.376. The maximum atomic E-state index is 10.0. The standard InChI is InChI=1S/C11H22N2O2/c14-9-8-12-4-6-13(7-5-12)10-11(15)2-1-3-11/h14-15H,1-10H2. The zero-order chi connectivity index (χ0) is 10.7. The summed E-state index contributed by atoms with van der Waals surface area (Å²) in [5.41, 5.74) is -0.376. The number of β-amino-alcohol motifs (C(OH)–C–C–N with tert-alkyl or cyclic N) is 2. The first-order valence-corrected chi connectivity index (χ1v) is 6.00. The monoisotopic (exact) mass is 214 g/mol. The fourth-order valence-electron chi connectivity index (χ4n) is 2.47. The molecule has 4 nitrogen and oxygen atoms in total. The predicted octanol–water partition coefficient (Wildman–Crippen LogP) is -0.489. The summed E-state index contributed by atoms with van der Waals surface area (Å²) in [7, 11) is 0. The molecule has 1 aliphatic heterocycles. The van der Waals surface area contributed by atoms with Crippen LogP contribution in [0.4, 0.5) is 0 Å². The zero-order valence-corrected chi connectivity index (χ0v) is 9.36. The molecule has 0 atom stereocenters. The Morgan fingerprint density at radius 3 is 2.07 bits per heavy atom. The number of piperazine rings is 1. The van der Waals surface area contributed by atoms with Crippen molar-refractivity contribution >= 4 is 0 Å². The molecule has 1 saturated carbocycles. The molecule has 0 aromatic carbocycles. The van der Waals surface area contributed by atoms with Crippen molar-refractivity contribution < 1.29 is 10.2 Å². The van der Waals surface area contributed by atoms with Crippen LogP contribution in [0.5, 0.6) is 0 Å². The van der Waals surface area contributed by atoms with Crippen LogP contribution in [0.3, 0.4) is 0 Å². The van der Waals surface area contributed by atoms with Crippen LogP contribution in [0.1, 0.15) is 19.3 Å². The maximum absolute atomic E-state index is 10.0. The quantitative estimate of drug-likeness (QED) is 0.663. The second kappa shape index (κ2) is 4.78. The lowest BCUT2D eigenvalue weighted by molar-refractivity contribution is -0.0658. The van der Waals surface area contributed by atoms with Crippen LogP contribution in [-0.2, 0) is 0 Å². The van der Waals surface area contributed by atoms with E-state index in [1.54, 1.807) is 0 Å². The van der Waals surface area contributed by atoms with Crippen molar-refractivity contribution in [1.29, 1.82) is 0 Å². The average Bonchev–Trinajstić information content (AvgIpc) is 2.19. The van der Waals surface area contributed by atoms with E-state index in [0.29, 0.717) is 0 Å². The Morgan fingerprint density at radius 1 is 1.00 bits per heavy atom. The highest BCUT2D eigenvalue weighted by molar-refractivity contribution is 4.91. The third kappa shape index (κ3) is 2.91. The molecular weight excluding hydrogens is 192 g/mol. The Labute approximate surface area is 91.5 Å². The van der Waals surface area contributed by atoms with Gasteiger partial charge in [0.25, 0.3) is 0 Å². The first-order valence-electron chi connectivity index (χ1n) is 6.00. The summed E-state index contributed by atoms with van der Waals surface area (Å²) in [4.78, 5) is 4.63. The van der Waals surface area contributed by atoms with E-state index in [0.717, 1.165) is 52.1 Å². The predicted molar refractivity (Wildman–Crippen MR) is 58.8 cm³/mol. The van der Waals surface area contributed by atoms with Gasteiger partial charge in [-0.2, -0.15) is 0 Å². The van der Waals surface area contributed by atoms with Crippen molar-refractivity contribution in [1.82, 2.24) is 9.80 Å². The maximum Gasteiger partial charge on any atom is 0.0774 e. The van der Waals surface area contributed by atoms with Gasteiger partial charge >= 0.3 is 0 Å². The Balaban J connectivity index is 1.69. The molecule has 0 unspecified atom stereocenters. The molecule has 0 radical (unpaired) electrons. The molecule has 1 heterocycles. The van der Waals surface area contributed by atoms with E-state index in [2.05, 4.69) is 9.80 Å². The lowest BCUT2D eigenvalue weighted by Gasteiger charge is -2.43. The Hall–Kier alpha value is -0.160. The third-order valence-corrected chi connectivity index (χ3v) is 3.68. The van der Waals surface area contributed by atoms with Gasteiger partial charge in [-0.15, -0.1) is 0 Å². The van der Waals surface area contributed by atoms with Crippen LogP contribution in [0, 0.1) is 0 Å². The highest BCUT2D eigenvalue weighted by Crippen LogP contribution is 2.32. The fourth-order valence-corrected chi connectivity index (χ4v) is 2.47. The van der Waals surface area contributed by atoms with Gasteiger partial charge in [0, 0.05) is 39.3 Å². The van der Waals surface area contributed by atoms with Crippen LogP contribution >= 0.6 is 0 Å². The first kappa shape index (κ1) is 11.3. The van der Waals surface area contributed by atoms with E-state index in [1.165, 1.54) is 6.42 Å². The molecule has 0 bridgehead atoms. The molecular formula is C11H22N2O2. The van der Waals surface area contributed by atoms with E-state index in [1.807, 2.05) is 0 Å². The molecule has 4 heteroatoms. The molecule has 2 rings (SSSR count). The Bertz CT molecular complexity index is 199. The summed E-state index contributed by atoms with van der Waals surface area (Å²) in [5, 5.41) is 18.9. The summed E-state index contributed by atoms with van der Waals surface area (Å²) in [5.74, 6) is 0. The zero-order valence-electron chi connectivity index (χ0n) is 9.36. The van der Waals surface area contributed by atoms with Gasteiger partial charge in [0.15, 0.2) is 0 Å². The SMILES string of the molecule is OCCN1CCN(CC2(O)CCC2)CC1. The number of nitrogens with zero attached hydrogens (tertiary/aromatic N) is 2. The largest absolute Gasteiger partial charge is 0.395 e. The molecule has 0 amide bonds. The minimum absolute atomic E-state index is 0.254. The number of aliphatic hydroxyl groups excluding tert-OH is 1. The highest BCUT2D eigenvalue weighted by atomic mass is 16.3. The van der Waals surface area contributed by atoms with Crippen LogP contribution in [-0.4, -0.2) is 71.5 Å². The molecule has 0 spiro atoms. The number of hydrogen-bond acceptors (Lipinski definition) is 4. The van der Waals surface area contributed by atoms with Crippen LogP contribution in [0.25, 0.3) is 0 Å². The van der Waals surface area contributed by atoms with Crippen molar-refractivity contribution in [2.24, 2.45) is 0 Å². The molecule has 2 fully saturated rings. The number of aliphatic hydroxyl groups is 2. The van der Waals surface area contributed by atoms with Gasteiger partial charge in [0.1, 0.15) is 0 Å². The molecule has 2 N–H and O–H groups in total. The topological polar surface area (TPSA) is 46.9 Å². The minimum Gasteiger partial charge on any atom is -0.395 e. The van der Waals surface area contributed by atoms with E-state index in [4.69, 9.17) is 5.11 Å². The summed E-state index contributed by atoms with van der Waals surface area (Å²) in [6, 6.07) is 0. The number of rotatable bonds is 4. The van der Waals surface area contributed by atoms with Gasteiger partial charge in [-0.1, -0.05) is 0 Å². The summed E-state index contributed by atoms with van der Waals surface area (Å²) < 4.78 is 0. The molecule has 2 aliphatic rings. The van der Waals surface area contributed by atoms with Crippen molar-refractivity contribution in [2.45, 2.75) is 24.9 Å². The van der Waals surface area contributed by atoms with E-state index in [9.17, 15) is 5.11 Å². The van der Waals surface area contributed by atoms with Crippen LogP contribution in [0.15, 0.2) is 0 Å².